The summed E-state index contributed by atoms with van der Waals surface area (Å²) in [5.74, 6) is 0.182. The number of rotatable bonds is 7. The minimum Gasteiger partial charge on any atom is -0.427 e. The fraction of sp³-hybridized carbons (Fsp3) is 0.500. The number of hydrogen-bond acceptors (Lipinski definition) is 7. The van der Waals surface area contributed by atoms with Crippen molar-refractivity contribution in [2.45, 2.75) is 61.0 Å². The van der Waals surface area contributed by atoms with Crippen LogP contribution in [0.15, 0.2) is 24.3 Å². The van der Waals surface area contributed by atoms with Gasteiger partial charge in [0.15, 0.2) is 0 Å². The zero-order chi connectivity index (χ0) is 21.3. The zero-order valence-electron chi connectivity index (χ0n) is 17.3. The number of thiazole rings is 1. The smallest absolute Gasteiger partial charge is 0.427 e. The van der Waals surface area contributed by atoms with Gasteiger partial charge in [-0.1, -0.05) is 41.0 Å². The highest BCUT2D eigenvalue weighted by atomic mass is 32.1. The summed E-state index contributed by atoms with van der Waals surface area (Å²) in [5.41, 5.74) is 1.08. The molecule has 2 rings (SSSR count). The van der Waals surface area contributed by atoms with Crippen LogP contribution in [0.5, 0.6) is 5.75 Å². The molecule has 0 aliphatic rings. The van der Waals surface area contributed by atoms with Gasteiger partial charge >= 0.3 is 6.16 Å². The monoisotopic (exact) mass is 408 g/mol. The molecule has 7 nitrogen and oxygen atoms in total. The summed E-state index contributed by atoms with van der Waals surface area (Å²) in [5, 5.41) is 11.3. The predicted molar refractivity (Wildman–Crippen MR) is 110 cm³/mol. The molecule has 0 radical (unpaired) electrons. The van der Waals surface area contributed by atoms with E-state index in [0.717, 1.165) is 18.5 Å². The van der Waals surface area contributed by atoms with E-state index in [1.165, 1.54) is 40.5 Å². The largest absolute Gasteiger partial charge is 0.514 e. The molecule has 8 heteroatoms. The van der Waals surface area contributed by atoms with E-state index < -0.39 is 11.1 Å². The van der Waals surface area contributed by atoms with E-state index in [2.05, 4.69) is 25.8 Å². The highest BCUT2D eigenvalue weighted by Gasteiger charge is 2.20. The van der Waals surface area contributed by atoms with Crippen molar-refractivity contribution in [1.82, 2.24) is 4.98 Å². The summed E-state index contributed by atoms with van der Waals surface area (Å²) in [6.07, 6.45) is 1.12. The van der Waals surface area contributed by atoms with Crippen molar-refractivity contribution in [2.24, 2.45) is 5.41 Å². The normalized spacial score (nSPS) is 10.6. The Kier molecular flexibility index (Phi) is 9.05. The van der Waals surface area contributed by atoms with Crippen LogP contribution in [0.4, 0.5) is 10.5 Å². The molecule has 1 heterocycles. The maximum Gasteiger partial charge on any atom is 0.514 e. The first-order valence-electron chi connectivity index (χ1n) is 9.24. The maximum absolute atomic E-state index is 11.8. The lowest BCUT2D eigenvalue weighted by molar-refractivity contribution is -0.384. The van der Waals surface area contributed by atoms with Crippen LogP contribution in [0.2, 0.25) is 0 Å². The highest BCUT2D eigenvalue weighted by molar-refractivity contribution is 7.11. The molecule has 0 aliphatic carbocycles. The molecule has 0 saturated heterocycles. The number of hydrogen-bond donors (Lipinski definition) is 0. The first-order chi connectivity index (χ1) is 13.2. The van der Waals surface area contributed by atoms with Gasteiger partial charge in [-0.25, -0.2) is 9.78 Å². The van der Waals surface area contributed by atoms with E-state index in [-0.39, 0.29) is 23.5 Å². The van der Waals surface area contributed by atoms with Crippen LogP contribution in [0.25, 0.3) is 0 Å². The zero-order valence-corrected chi connectivity index (χ0v) is 18.1. The molecule has 0 bridgehead atoms. The van der Waals surface area contributed by atoms with E-state index in [1.54, 1.807) is 0 Å². The van der Waals surface area contributed by atoms with Gasteiger partial charge in [0, 0.05) is 17.0 Å². The van der Waals surface area contributed by atoms with Gasteiger partial charge in [0.1, 0.15) is 17.4 Å². The quantitative estimate of drug-likeness (QED) is 0.239. The molecule has 0 amide bonds. The molecule has 28 heavy (non-hydrogen) atoms. The predicted octanol–water partition coefficient (Wildman–Crippen LogP) is 6.08. The van der Waals surface area contributed by atoms with Crippen molar-refractivity contribution < 1.29 is 19.2 Å². The van der Waals surface area contributed by atoms with Crippen LogP contribution in [-0.2, 0) is 17.8 Å². The Hall–Kier alpha value is -2.48. The lowest BCUT2D eigenvalue weighted by atomic mass is 9.86. The molecule has 0 atom stereocenters. The van der Waals surface area contributed by atoms with Crippen LogP contribution in [-0.4, -0.2) is 16.1 Å². The van der Waals surface area contributed by atoms with Crippen molar-refractivity contribution in [3.8, 4) is 5.75 Å². The first-order valence-corrected chi connectivity index (χ1v) is 10.1. The average Bonchev–Trinajstić information content (AvgIpc) is 3.01. The lowest BCUT2D eigenvalue weighted by Crippen LogP contribution is -2.12. The molecule has 0 fully saturated rings. The minimum atomic E-state index is -0.873. The summed E-state index contributed by atoms with van der Waals surface area (Å²) < 4.78 is 10.1. The number of nitrogens with zero attached hydrogens (tertiary/aromatic N) is 2. The Morgan fingerprint density at radius 2 is 1.86 bits per heavy atom. The molecular weight excluding hydrogens is 380 g/mol. The molecule has 0 aliphatic heterocycles. The standard InChI is InChI=1S/C18H22N2O5S.C2H6/c1-5-18(3,4)10-15-12(2)19-16(26-15)11-24-17(21)25-14-8-6-13(7-9-14)20(22)23;1-2/h6-9H,5,10-11H2,1-4H3;1-2H3. The highest BCUT2D eigenvalue weighted by Crippen LogP contribution is 2.30. The fourth-order valence-corrected chi connectivity index (χ4v) is 3.40. The van der Waals surface area contributed by atoms with E-state index in [0.29, 0.717) is 5.01 Å². The number of benzene rings is 1. The van der Waals surface area contributed by atoms with Gasteiger partial charge < -0.3 is 9.47 Å². The van der Waals surface area contributed by atoms with Crippen molar-refractivity contribution in [3.05, 3.63) is 50.0 Å². The molecule has 154 valence electrons. The van der Waals surface area contributed by atoms with Crippen molar-refractivity contribution >= 4 is 23.2 Å². The Morgan fingerprint density at radius 1 is 1.25 bits per heavy atom. The summed E-state index contributed by atoms with van der Waals surface area (Å²) in [6, 6.07) is 5.21. The van der Waals surface area contributed by atoms with Crippen LogP contribution >= 0.6 is 11.3 Å². The maximum atomic E-state index is 11.8. The third-order valence-electron chi connectivity index (χ3n) is 4.10. The third kappa shape index (κ3) is 7.26. The van der Waals surface area contributed by atoms with E-state index in [1.807, 2.05) is 20.8 Å². The molecule has 2 aromatic rings. The first kappa shape index (κ1) is 23.6. The summed E-state index contributed by atoms with van der Waals surface area (Å²) in [6.45, 7) is 12.6. The Morgan fingerprint density at radius 3 is 2.39 bits per heavy atom. The second-order valence-corrected chi connectivity index (χ2v) is 7.87. The van der Waals surface area contributed by atoms with Crippen LogP contribution in [0.3, 0.4) is 0 Å². The van der Waals surface area contributed by atoms with Crippen LogP contribution < -0.4 is 4.74 Å². The van der Waals surface area contributed by atoms with Gasteiger partial charge in [-0.05, 0) is 30.9 Å². The number of ether oxygens (including phenoxy) is 2. The molecule has 0 N–H and O–H groups in total. The molecule has 1 aromatic heterocycles. The molecule has 0 unspecified atom stereocenters. The number of aromatic nitrogens is 1. The topological polar surface area (TPSA) is 91.6 Å². The summed E-state index contributed by atoms with van der Waals surface area (Å²) in [7, 11) is 0. The van der Waals surface area contributed by atoms with Gasteiger partial charge in [-0.2, -0.15) is 0 Å². The Labute approximate surface area is 169 Å². The Balaban J connectivity index is 0.00000190. The van der Waals surface area contributed by atoms with Crippen LogP contribution in [0, 0.1) is 22.5 Å². The number of aryl methyl sites for hydroxylation is 1. The summed E-state index contributed by atoms with van der Waals surface area (Å²) in [4.78, 5) is 27.5. The SMILES string of the molecule is CC.CCC(C)(C)Cc1sc(COC(=O)Oc2ccc([N+](=O)[O-])cc2)nc1C. The van der Waals surface area contributed by atoms with E-state index in [9.17, 15) is 14.9 Å². The lowest BCUT2D eigenvalue weighted by Gasteiger charge is -2.21. The third-order valence-corrected chi connectivity index (χ3v) is 5.23. The molecular formula is C20H28N2O5S. The second-order valence-electron chi connectivity index (χ2n) is 6.70. The van der Waals surface area contributed by atoms with Gasteiger partial charge in [-0.15, -0.1) is 11.3 Å². The van der Waals surface area contributed by atoms with Crippen molar-refractivity contribution in [1.29, 1.82) is 0 Å². The fourth-order valence-electron chi connectivity index (χ4n) is 2.16. The van der Waals surface area contributed by atoms with Crippen molar-refractivity contribution in [3.63, 3.8) is 0 Å². The molecule has 0 spiro atoms. The number of nitro groups is 1. The molecule has 1 aromatic carbocycles. The van der Waals surface area contributed by atoms with Crippen molar-refractivity contribution in [2.75, 3.05) is 0 Å². The van der Waals surface area contributed by atoms with Gasteiger partial charge in [0.25, 0.3) is 5.69 Å². The summed E-state index contributed by atoms with van der Waals surface area (Å²) >= 11 is 1.54. The number of carbonyl (C=O) groups is 1. The minimum absolute atomic E-state index is 0.0316. The average molecular weight is 409 g/mol. The van der Waals surface area contributed by atoms with Crippen LogP contribution in [0.1, 0.15) is 56.6 Å². The number of non-ortho nitro benzene ring substituents is 1. The van der Waals surface area contributed by atoms with Gasteiger partial charge in [-0.3, -0.25) is 10.1 Å². The second kappa shape index (κ2) is 10.8. The van der Waals surface area contributed by atoms with Gasteiger partial charge in [0.05, 0.1) is 10.6 Å². The van der Waals surface area contributed by atoms with E-state index in [4.69, 9.17) is 9.47 Å². The van der Waals surface area contributed by atoms with Gasteiger partial charge in [0.2, 0.25) is 0 Å². The number of nitro benzene ring substituents is 1. The molecule has 0 saturated carbocycles. The Bertz CT molecular complexity index is 784. The number of carbonyl (C=O) groups excluding carboxylic acids is 1. The van der Waals surface area contributed by atoms with E-state index >= 15 is 0 Å².